The molecule has 1 aliphatic rings. The van der Waals surface area contributed by atoms with Crippen molar-refractivity contribution in [1.82, 2.24) is 5.32 Å². The molecule has 0 spiro atoms. The highest BCUT2D eigenvalue weighted by Crippen LogP contribution is 2.23. The Morgan fingerprint density at radius 3 is 2.52 bits per heavy atom. The smallest absolute Gasteiger partial charge is 0.338 e. The fourth-order valence-corrected chi connectivity index (χ4v) is 2.71. The molecule has 21 heavy (non-hydrogen) atoms. The summed E-state index contributed by atoms with van der Waals surface area (Å²) in [5, 5.41) is 3.51. The van der Waals surface area contributed by atoms with E-state index in [4.69, 9.17) is 10.5 Å². The molecule has 1 aliphatic carbocycles. The third-order valence-electron chi connectivity index (χ3n) is 4.16. The van der Waals surface area contributed by atoms with Crippen LogP contribution in [0.5, 0.6) is 0 Å². The zero-order valence-corrected chi connectivity index (χ0v) is 13.0. The molecular weight excluding hydrogens is 264 g/mol. The second-order valence-corrected chi connectivity index (χ2v) is 6.20. The normalized spacial score (nSPS) is 23.5. The van der Waals surface area contributed by atoms with Gasteiger partial charge in [-0.1, -0.05) is 6.92 Å². The molecule has 3 N–H and O–H groups in total. The molecule has 2 rings (SSSR count). The number of hydrogen-bond acceptors (Lipinski definition) is 4. The van der Waals surface area contributed by atoms with Gasteiger partial charge in [-0.05, 0) is 62.8 Å². The van der Waals surface area contributed by atoms with E-state index in [0.717, 1.165) is 5.92 Å². The minimum absolute atomic E-state index is 0.130. The highest BCUT2D eigenvalue weighted by atomic mass is 16.5. The van der Waals surface area contributed by atoms with Gasteiger partial charge in [-0.25, -0.2) is 4.79 Å². The number of esters is 1. The average molecular weight is 290 g/mol. The van der Waals surface area contributed by atoms with Crippen LogP contribution in [-0.4, -0.2) is 24.7 Å². The lowest BCUT2D eigenvalue weighted by Gasteiger charge is -2.28. The molecule has 0 amide bonds. The van der Waals surface area contributed by atoms with Gasteiger partial charge in [-0.3, -0.25) is 0 Å². The van der Waals surface area contributed by atoms with Crippen molar-refractivity contribution >= 4 is 11.7 Å². The third kappa shape index (κ3) is 5.05. The van der Waals surface area contributed by atoms with E-state index in [1.54, 1.807) is 24.3 Å². The van der Waals surface area contributed by atoms with E-state index in [2.05, 4.69) is 12.2 Å². The maximum atomic E-state index is 12.0. The number of carbonyl (C=O) groups is 1. The SMILES string of the molecule is CC1CCC(NCC(C)OC(=O)c2ccc(N)cc2)CC1. The predicted octanol–water partition coefficient (Wildman–Crippen LogP) is 2.98. The first kappa shape index (κ1) is 15.8. The Hall–Kier alpha value is -1.55. The molecule has 0 radical (unpaired) electrons. The first-order valence-electron chi connectivity index (χ1n) is 7.84. The van der Waals surface area contributed by atoms with Crippen LogP contribution in [0.2, 0.25) is 0 Å². The van der Waals surface area contributed by atoms with E-state index in [1.165, 1.54) is 25.7 Å². The molecule has 116 valence electrons. The van der Waals surface area contributed by atoms with Crippen LogP contribution in [0.4, 0.5) is 5.69 Å². The molecular formula is C17H26N2O2. The highest BCUT2D eigenvalue weighted by Gasteiger charge is 2.19. The summed E-state index contributed by atoms with van der Waals surface area (Å²) in [6.45, 7) is 4.95. The molecule has 0 bridgehead atoms. The van der Waals surface area contributed by atoms with E-state index in [1.807, 2.05) is 6.92 Å². The highest BCUT2D eigenvalue weighted by molar-refractivity contribution is 5.89. The van der Waals surface area contributed by atoms with Crippen molar-refractivity contribution in [3.8, 4) is 0 Å². The Balaban J connectivity index is 1.72. The van der Waals surface area contributed by atoms with Crippen molar-refractivity contribution in [2.75, 3.05) is 12.3 Å². The van der Waals surface area contributed by atoms with Crippen molar-refractivity contribution < 1.29 is 9.53 Å². The third-order valence-corrected chi connectivity index (χ3v) is 4.16. The van der Waals surface area contributed by atoms with Crippen molar-refractivity contribution in [3.63, 3.8) is 0 Å². The van der Waals surface area contributed by atoms with Crippen LogP contribution in [0.15, 0.2) is 24.3 Å². The van der Waals surface area contributed by atoms with Gasteiger partial charge in [0, 0.05) is 18.3 Å². The molecule has 0 heterocycles. The second kappa shape index (κ2) is 7.46. The van der Waals surface area contributed by atoms with Crippen LogP contribution in [0.25, 0.3) is 0 Å². The Labute approximate surface area is 127 Å². The van der Waals surface area contributed by atoms with Gasteiger partial charge in [0.15, 0.2) is 0 Å². The Kier molecular flexibility index (Phi) is 5.62. The van der Waals surface area contributed by atoms with Gasteiger partial charge < -0.3 is 15.8 Å². The molecule has 1 unspecified atom stereocenters. The standard InChI is InChI=1S/C17H26N2O2/c1-12-3-9-16(10-4-12)19-11-13(2)21-17(20)14-5-7-15(18)8-6-14/h5-8,12-13,16,19H,3-4,9-11,18H2,1-2H3. The number of anilines is 1. The summed E-state index contributed by atoms with van der Waals surface area (Å²) < 4.78 is 5.45. The summed E-state index contributed by atoms with van der Waals surface area (Å²) in [4.78, 5) is 12.0. The van der Waals surface area contributed by atoms with Gasteiger partial charge in [0.05, 0.1) is 5.56 Å². The molecule has 4 nitrogen and oxygen atoms in total. The summed E-state index contributed by atoms with van der Waals surface area (Å²) in [5.41, 5.74) is 6.80. The van der Waals surface area contributed by atoms with Crippen LogP contribution in [0, 0.1) is 5.92 Å². The molecule has 1 fully saturated rings. The molecule has 1 saturated carbocycles. The predicted molar refractivity (Wildman–Crippen MR) is 85.2 cm³/mol. The van der Waals surface area contributed by atoms with Crippen molar-refractivity contribution in [3.05, 3.63) is 29.8 Å². The molecule has 0 aromatic heterocycles. The van der Waals surface area contributed by atoms with Gasteiger partial charge >= 0.3 is 5.97 Å². The number of nitrogen functional groups attached to an aromatic ring is 1. The molecule has 4 heteroatoms. The molecule has 0 saturated heterocycles. The van der Waals surface area contributed by atoms with Crippen LogP contribution < -0.4 is 11.1 Å². The number of hydrogen-bond donors (Lipinski definition) is 2. The van der Waals surface area contributed by atoms with Gasteiger partial charge in [0.2, 0.25) is 0 Å². The van der Waals surface area contributed by atoms with Crippen LogP contribution >= 0.6 is 0 Å². The fourth-order valence-electron chi connectivity index (χ4n) is 2.71. The second-order valence-electron chi connectivity index (χ2n) is 6.20. The van der Waals surface area contributed by atoms with Crippen LogP contribution in [-0.2, 0) is 4.74 Å². The number of carbonyl (C=O) groups excluding carboxylic acids is 1. The molecule has 1 aromatic carbocycles. The summed E-state index contributed by atoms with van der Waals surface area (Å²) >= 11 is 0. The summed E-state index contributed by atoms with van der Waals surface area (Å²) in [6.07, 6.45) is 4.89. The van der Waals surface area contributed by atoms with Crippen molar-refractivity contribution in [2.45, 2.75) is 51.7 Å². The number of nitrogens with one attached hydrogen (secondary N) is 1. The van der Waals surface area contributed by atoms with Gasteiger partial charge in [0.1, 0.15) is 6.10 Å². The lowest BCUT2D eigenvalue weighted by atomic mass is 9.87. The quantitative estimate of drug-likeness (QED) is 0.646. The Bertz CT molecular complexity index is 450. The van der Waals surface area contributed by atoms with E-state index < -0.39 is 0 Å². The van der Waals surface area contributed by atoms with Gasteiger partial charge in [-0.15, -0.1) is 0 Å². The Morgan fingerprint density at radius 2 is 1.90 bits per heavy atom. The fraction of sp³-hybridized carbons (Fsp3) is 0.588. The zero-order valence-electron chi connectivity index (χ0n) is 13.0. The van der Waals surface area contributed by atoms with E-state index >= 15 is 0 Å². The number of nitrogens with two attached hydrogens (primary N) is 1. The molecule has 0 aliphatic heterocycles. The summed E-state index contributed by atoms with van der Waals surface area (Å²) in [6, 6.07) is 7.38. The first-order valence-corrected chi connectivity index (χ1v) is 7.84. The molecule has 1 aromatic rings. The monoisotopic (exact) mass is 290 g/mol. The average Bonchev–Trinajstić information content (AvgIpc) is 2.47. The minimum Gasteiger partial charge on any atom is -0.458 e. The van der Waals surface area contributed by atoms with E-state index in [-0.39, 0.29) is 12.1 Å². The first-order chi connectivity index (χ1) is 10.0. The van der Waals surface area contributed by atoms with E-state index in [9.17, 15) is 4.79 Å². The minimum atomic E-state index is -0.290. The van der Waals surface area contributed by atoms with Crippen molar-refractivity contribution in [2.24, 2.45) is 5.92 Å². The lowest BCUT2D eigenvalue weighted by Crippen LogP contribution is -2.38. The van der Waals surface area contributed by atoms with Crippen LogP contribution in [0.3, 0.4) is 0 Å². The Morgan fingerprint density at radius 1 is 1.29 bits per heavy atom. The van der Waals surface area contributed by atoms with Crippen molar-refractivity contribution in [1.29, 1.82) is 0 Å². The number of benzene rings is 1. The largest absolute Gasteiger partial charge is 0.458 e. The number of ether oxygens (including phenoxy) is 1. The van der Waals surface area contributed by atoms with Crippen LogP contribution in [0.1, 0.15) is 49.9 Å². The lowest BCUT2D eigenvalue weighted by molar-refractivity contribution is 0.0333. The number of rotatable bonds is 5. The maximum Gasteiger partial charge on any atom is 0.338 e. The summed E-state index contributed by atoms with van der Waals surface area (Å²) in [7, 11) is 0. The van der Waals surface area contributed by atoms with E-state index in [0.29, 0.717) is 23.8 Å². The van der Waals surface area contributed by atoms with Gasteiger partial charge in [-0.2, -0.15) is 0 Å². The topological polar surface area (TPSA) is 64.3 Å². The van der Waals surface area contributed by atoms with Gasteiger partial charge in [0.25, 0.3) is 0 Å². The molecule has 1 atom stereocenters. The zero-order chi connectivity index (χ0) is 15.2. The summed E-state index contributed by atoms with van der Waals surface area (Å²) in [5.74, 6) is 0.561. The maximum absolute atomic E-state index is 12.0.